The molecule has 0 amide bonds. The first-order valence-corrected chi connectivity index (χ1v) is 10.9. The van der Waals surface area contributed by atoms with Gasteiger partial charge in [-0.1, -0.05) is 59.1 Å². The molecule has 0 saturated carbocycles. The van der Waals surface area contributed by atoms with Crippen LogP contribution in [0.4, 0.5) is 5.69 Å². The second-order valence-electron chi connectivity index (χ2n) is 6.61. The highest BCUT2D eigenvalue weighted by atomic mass is 35.5. The lowest BCUT2D eigenvalue weighted by atomic mass is 10.1. The molecule has 4 N–H and O–H groups in total. The lowest BCUT2D eigenvalue weighted by Gasteiger charge is -2.09. The summed E-state index contributed by atoms with van der Waals surface area (Å²) in [6.07, 6.45) is 1.55. The van der Waals surface area contributed by atoms with Crippen molar-refractivity contribution >= 4 is 51.3 Å². The Morgan fingerprint density at radius 3 is 2.18 bits per heavy atom. The van der Waals surface area contributed by atoms with Crippen LogP contribution in [-0.4, -0.2) is 45.7 Å². The number of aryl methyl sites for hydroxylation is 1. The van der Waals surface area contributed by atoms with Crippen molar-refractivity contribution in [2.45, 2.75) is 6.92 Å². The zero-order chi connectivity index (χ0) is 24.4. The Kier molecular flexibility index (Phi) is 10.6. The number of fused-ring (bicyclic) bond motifs is 1. The van der Waals surface area contributed by atoms with Crippen molar-refractivity contribution in [3.05, 3.63) is 85.7 Å². The van der Waals surface area contributed by atoms with Gasteiger partial charge in [-0.2, -0.15) is 5.10 Å². The molecule has 0 aliphatic heterocycles. The van der Waals surface area contributed by atoms with Crippen molar-refractivity contribution in [1.82, 2.24) is 15.2 Å². The number of nitrogens with zero attached hydrogens (tertiary/aromatic N) is 2. The molecule has 0 fully saturated rings. The second kappa shape index (κ2) is 13.1. The topological polar surface area (TPSA) is 111 Å². The Balaban J connectivity index is 0.000000246. The SMILES string of the molecule is CNc1cc(Cl)cnc1-c1n[nH]c(=O)c2ccccc12.Cc1ccc(Cl)c(Cl)c1.OCCO. The minimum atomic E-state index is -0.218. The first kappa shape index (κ1) is 26.6. The van der Waals surface area contributed by atoms with E-state index in [9.17, 15) is 4.79 Å². The molecule has 0 aliphatic carbocycles. The van der Waals surface area contributed by atoms with E-state index in [4.69, 9.17) is 45.0 Å². The van der Waals surface area contributed by atoms with Gasteiger partial charge in [0.25, 0.3) is 5.56 Å². The van der Waals surface area contributed by atoms with Gasteiger partial charge in [-0.3, -0.25) is 9.78 Å². The molecule has 2 heterocycles. The quantitative estimate of drug-likeness (QED) is 0.311. The van der Waals surface area contributed by atoms with Crippen LogP contribution in [0.1, 0.15) is 5.56 Å². The summed E-state index contributed by atoms with van der Waals surface area (Å²) in [4.78, 5) is 16.1. The van der Waals surface area contributed by atoms with Gasteiger partial charge in [-0.05, 0) is 36.8 Å². The number of hydrogen-bond acceptors (Lipinski definition) is 6. The van der Waals surface area contributed by atoms with Crippen molar-refractivity contribution in [3.8, 4) is 11.4 Å². The van der Waals surface area contributed by atoms with E-state index in [1.165, 1.54) is 0 Å². The van der Waals surface area contributed by atoms with Crippen LogP contribution in [0, 0.1) is 6.92 Å². The maximum Gasteiger partial charge on any atom is 0.272 e. The number of hydrogen-bond donors (Lipinski definition) is 4. The van der Waals surface area contributed by atoms with Crippen molar-refractivity contribution in [2.24, 2.45) is 0 Å². The zero-order valence-electron chi connectivity index (χ0n) is 17.9. The molecule has 2 aromatic heterocycles. The van der Waals surface area contributed by atoms with Gasteiger partial charge in [0.2, 0.25) is 0 Å². The molecule has 33 heavy (non-hydrogen) atoms. The van der Waals surface area contributed by atoms with E-state index in [2.05, 4.69) is 20.5 Å². The molecule has 174 valence electrons. The number of aliphatic hydroxyl groups is 2. The van der Waals surface area contributed by atoms with E-state index >= 15 is 0 Å². The van der Waals surface area contributed by atoms with Gasteiger partial charge in [0.05, 0.1) is 39.4 Å². The number of pyridine rings is 1. The number of anilines is 1. The van der Waals surface area contributed by atoms with Crippen LogP contribution in [0.25, 0.3) is 22.2 Å². The predicted molar refractivity (Wildman–Crippen MR) is 136 cm³/mol. The van der Waals surface area contributed by atoms with Crippen LogP contribution in [0.2, 0.25) is 15.1 Å². The highest BCUT2D eigenvalue weighted by molar-refractivity contribution is 6.42. The third kappa shape index (κ3) is 7.42. The van der Waals surface area contributed by atoms with Crippen LogP contribution in [0.15, 0.2) is 59.5 Å². The van der Waals surface area contributed by atoms with Crippen molar-refractivity contribution in [1.29, 1.82) is 0 Å². The Morgan fingerprint density at radius 1 is 0.939 bits per heavy atom. The Morgan fingerprint density at radius 2 is 1.61 bits per heavy atom. The van der Waals surface area contributed by atoms with E-state index in [0.29, 0.717) is 31.8 Å². The maximum absolute atomic E-state index is 11.8. The number of aromatic amines is 1. The molecule has 4 rings (SSSR count). The number of aromatic nitrogens is 3. The van der Waals surface area contributed by atoms with Crippen molar-refractivity contribution in [2.75, 3.05) is 25.6 Å². The summed E-state index contributed by atoms with van der Waals surface area (Å²) in [6, 6.07) is 14.6. The zero-order valence-corrected chi connectivity index (χ0v) is 20.2. The second-order valence-corrected chi connectivity index (χ2v) is 7.86. The average molecular weight is 510 g/mol. The number of aliphatic hydroxyl groups excluding tert-OH is 2. The molecule has 0 saturated heterocycles. The third-order valence-electron chi connectivity index (χ3n) is 4.22. The van der Waals surface area contributed by atoms with Gasteiger partial charge in [0, 0.05) is 18.6 Å². The Bertz CT molecular complexity index is 1260. The summed E-state index contributed by atoms with van der Waals surface area (Å²) in [5, 5.41) is 28.0. The molecule has 0 radical (unpaired) electrons. The number of benzene rings is 2. The molecule has 10 heteroatoms. The molecule has 0 spiro atoms. The maximum atomic E-state index is 11.8. The summed E-state index contributed by atoms with van der Waals surface area (Å²) in [5.74, 6) is 0. The fourth-order valence-electron chi connectivity index (χ4n) is 2.71. The van der Waals surface area contributed by atoms with Crippen LogP contribution in [0.3, 0.4) is 0 Å². The summed E-state index contributed by atoms with van der Waals surface area (Å²) in [7, 11) is 1.78. The average Bonchev–Trinajstić information content (AvgIpc) is 2.83. The molecule has 0 atom stereocenters. The highest BCUT2D eigenvalue weighted by Gasteiger charge is 2.13. The van der Waals surface area contributed by atoms with Crippen molar-refractivity contribution in [3.63, 3.8) is 0 Å². The predicted octanol–water partition coefficient (Wildman–Crippen LogP) is 4.95. The van der Waals surface area contributed by atoms with Crippen LogP contribution < -0.4 is 10.9 Å². The Hall–Kier alpha value is -2.68. The molecule has 0 aliphatic rings. The number of H-pyrrole nitrogens is 1. The third-order valence-corrected chi connectivity index (χ3v) is 5.16. The lowest BCUT2D eigenvalue weighted by Crippen LogP contribution is -2.10. The summed E-state index contributed by atoms with van der Waals surface area (Å²) in [5.41, 5.74) is 2.92. The van der Waals surface area contributed by atoms with Crippen molar-refractivity contribution < 1.29 is 10.2 Å². The summed E-state index contributed by atoms with van der Waals surface area (Å²) >= 11 is 17.3. The minimum absolute atomic E-state index is 0.125. The molecule has 4 aromatic rings. The highest BCUT2D eigenvalue weighted by Crippen LogP contribution is 2.30. The fourth-order valence-corrected chi connectivity index (χ4v) is 3.23. The smallest absolute Gasteiger partial charge is 0.272 e. The van der Waals surface area contributed by atoms with E-state index < -0.39 is 0 Å². The fraction of sp³-hybridized carbons (Fsp3) is 0.174. The van der Waals surface area contributed by atoms with Crippen LogP contribution in [0.5, 0.6) is 0 Å². The standard InChI is InChI=1S/C14H11ClN4O.C7H6Cl2.C2H6O2/c1-16-11-6-8(15)7-17-13(11)12-9-4-2-3-5-10(9)14(20)19-18-12;1-5-2-3-6(8)7(9)4-5;3-1-2-4/h2-7,16H,1H3,(H,19,20);2-4H,1H3;3-4H,1-2H2. The monoisotopic (exact) mass is 508 g/mol. The largest absolute Gasteiger partial charge is 0.394 e. The summed E-state index contributed by atoms with van der Waals surface area (Å²) in [6.45, 7) is 1.72. The molecule has 0 unspecified atom stereocenters. The van der Waals surface area contributed by atoms with E-state index in [0.717, 1.165) is 16.6 Å². The lowest BCUT2D eigenvalue weighted by molar-refractivity contribution is 0.186. The molecule has 2 aromatic carbocycles. The first-order valence-electron chi connectivity index (χ1n) is 9.76. The molecular formula is C23H23Cl3N4O3. The number of halogens is 3. The van der Waals surface area contributed by atoms with Gasteiger partial charge in [-0.15, -0.1) is 0 Å². The molecule has 0 bridgehead atoms. The van der Waals surface area contributed by atoms with Gasteiger partial charge < -0.3 is 15.5 Å². The number of rotatable bonds is 3. The Labute approximate surface area is 206 Å². The van der Waals surface area contributed by atoms with Crippen LogP contribution in [-0.2, 0) is 0 Å². The summed E-state index contributed by atoms with van der Waals surface area (Å²) < 4.78 is 0. The van der Waals surface area contributed by atoms with E-state index in [1.54, 1.807) is 31.4 Å². The molecular weight excluding hydrogens is 487 g/mol. The normalized spacial score (nSPS) is 10.0. The minimum Gasteiger partial charge on any atom is -0.394 e. The van der Waals surface area contributed by atoms with E-state index in [-0.39, 0.29) is 18.8 Å². The number of nitrogens with one attached hydrogen (secondary N) is 2. The van der Waals surface area contributed by atoms with Crippen LogP contribution >= 0.6 is 34.8 Å². The van der Waals surface area contributed by atoms with E-state index in [1.807, 2.05) is 37.3 Å². The first-order chi connectivity index (χ1) is 15.8. The molecule has 7 nitrogen and oxygen atoms in total. The van der Waals surface area contributed by atoms with Gasteiger partial charge in [0.15, 0.2) is 0 Å². The van der Waals surface area contributed by atoms with Gasteiger partial charge in [0.1, 0.15) is 11.4 Å². The van der Waals surface area contributed by atoms with Gasteiger partial charge >= 0.3 is 0 Å². The van der Waals surface area contributed by atoms with Gasteiger partial charge in [-0.25, -0.2) is 5.10 Å².